The molecule has 1 aliphatic heterocycles. The molecule has 96 valence electrons. The van der Waals surface area contributed by atoms with Gasteiger partial charge < -0.3 is 4.74 Å². The monoisotopic (exact) mass is 251 g/mol. The quantitative estimate of drug-likeness (QED) is 0.622. The molecule has 0 aromatic heterocycles. The fraction of sp³-hybridized carbons (Fsp3) is 1.00. The van der Waals surface area contributed by atoms with Crippen molar-refractivity contribution in [3.8, 4) is 0 Å². The van der Waals surface area contributed by atoms with Gasteiger partial charge in [0, 0.05) is 33.7 Å². The maximum Gasteiger partial charge on any atom is 0.278 e. The van der Waals surface area contributed by atoms with Crippen LogP contribution in [0.4, 0.5) is 0 Å². The van der Waals surface area contributed by atoms with Gasteiger partial charge in [0.05, 0.1) is 13.2 Å². The molecule has 0 amide bonds. The van der Waals surface area contributed by atoms with Crippen LogP contribution in [0.1, 0.15) is 6.42 Å². The highest BCUT2D eigenvalue weighted by Crippen LogP contribution is 1.97. The SMILES string of the molecule is CN(C)S(=O)(=O)NCCCN1CCOCC1. The summed E-state index contributed by atoms with van der Waals surface area (Å²) in [6, 6.07) is 0. The third-order valence-electron chi connectivity index (χ3n) is 2.52. The Balaban J connectivity index is 2.11. The van der Waals surface area contributed by atoms with Crippen molar-refractivity contribution in [2.45, 2.75) is 6.42 Å². The number of nitrogens with zero attached hydrogens (tertiary/aromatic N) is 2. The van der Waals surface area contributed by atoms with Gasteiger partial charge in [-0.05, 0) is 13.0 Å². The molecule has 6 nitrogen and oxygen atoms in total. The van der Waals surface area contributed by atoms with Gasteiger partial charge in [-0.3, -0.25) is 4.90 Å². The zero-order valence-corrected chi connectivity index (χ0v) is 10.8. The van der Waals surface area contributed by atoms with E-state index in [2.05, 4.69) is 9.62 Å². The molecule has 0 radical (unpaired) electrons. The number of morpholine rings is 1. The molecule has 7 heteroatoms. The standard InChI is InChI=1S/C9H21N3O3S/c1-11(2)16(13,14)10-4-3-5-12-6-8-15-9-7-12/h10H,3-9H2,1-2H3. The summed E-state index contributed by atoms with van der Waals surface area (Å²) in [6.07, 6.45) is 0.826. The Bertz CT molecular complexity index is 286. The molecule has 0 saturated carbocycles. The van der Waals surface area contributed by atoms with E-state index in [1.165, 1.54) is 18.4 Å². The second-order valence-corrected chi connectivity index (χ2v) is 5.96. The van der Waals surface area contributed by atoms with Gasteiger partial charge in [0.1, 0.15) is 0 Å². The second-order valence-electron chi connectivity index (χ2n) is 3.99. The van der Waals surface area contributed by atoms with Crippen molar-refractivity contribution in [3.63, 3.8) is 0 Å². The Labute approximate surface area is 97.7 Å². The van der Waals surface area contributed by atoms with E-state index in [1.807, 2.05) is 0 Å². The predicted molar refractivity (Wildman–Crippen MR) is 62.5 cm³/mol. The Morgan fingerprint density at radius 1 is 1.31 bits per heavy atom. The zero-order chi connectivity index (χ0) is 12.0. The number of hydrogen-bond acceptors (Lipinski definition) is 4. The lowest BCUT2D eigenvalue weighted by Crippen LogP contribution is -2.40. The molecule has 1 aliphatic rings. The van der Waals surface area contributed by atoms with E-state index in [0.717, 1.165) is 39.3 Å². The van der Waals surface area contributed by atoms with E-state index in [1.54, 1.807) is 0 Å². The molecule has 0 aliphatic carbocycles. The molecule has 1 saturated heterocycles. The fourth-order valence-electron chi connectivity index (χ4n) is 1.46. The molecule has 0 aromatic carbocycles. The van der Waals surface area contributed by atoms with Crippen LogP contribution in [0.15, 0.2) is 0 Å². The Hall–Kier alpha value is -0.210. The normalized spacial score (nSPS) is 19.2. The first kappa shape index (κ1) is 13.9. The zero-order valence-electron chi connectivity index (χ0n) is 9.98. The number of hydrogen-bond donors (Lipinski definition) is 1. The number of nitrogens with one attached hydrogen (secondary N) is 1. The summed E-state index contributed by atoms with van der Waals surface area (Å²) < 4.78 is 31.7. The van der Waals surface area contributed by atoms with E-state index in [-0.39, 0.29) is 0 Å². The fourth-order valence-corrected chi connectivity index (χ4v) is 2.12. The van der Waals surface area contributed by atoms with Gasteiger partial charge >= 0.3 is 0 Å². The van der Waals surface area contributed by atoms with Gasteiger partial charge in [-0.15, -0.1) is 0 Å². The Kier molecular flexibility index (Phi) is 5.63. The molecule has 0 bridgehead atoms. The van der Waals surface area contributed by atoms with Gasteiger partial charge in [0.25, 0.3) is 10.2 Å². The minimum atomic E-state index is -3.26. The summed E-state index contributed by atoms with van der Waals surface area (Å²) in [4.78, 5) is 2.29. The van der Waals surface area contributed by atoms with E-state index in [4.69, 9.17) is 4.74 Å². The number of rotatable bonds is 6. The van der Waals surface area contributed by atoms with Crippen molar-refractivity contribution in [3.05, 3.63) is 0 Å². The Morgan fingerprint density at radius 3 is 2.50 bits per heavy atom. The minimum absolute atomic E-state index is 0.484. The van der Waals surface area contributed by atoms with Gasteiger partial charge in [-0.25, -0.2) is 4.72 Å². The van der Waals surface area contributed by atoms with Crippen LogP contribution in [-0.2, 0) is 14.9 Å². The van der Waals surface area contributed by atoms with Crippen LogP contribution in [0, 0.1) is 0 Å². The molecular formula is C9H21N3O3S. The second kappa shape index (κ2) is 6.51. The molecule has 0 aromatic rings. The average molecular weight is 251 g/mol. The predicted octanol–water partition coefficient (Wildman–Crippen LogP) is -0.895. The highest BCUT2D eigenvalue weighted by molar-refractivity contribution is 7.87. The molecule has 1 N–H and O–H groups in total. The van der Waals surface area contributed by atoms with Crippen LogP contribution in [0.2, 0.25) is 0 Å². The molecule has 16 heavy (non-hydrogen) atoms. The van der Waals surface area contributed by atoms with Crippen molar-refractivity contribution >= 4 is 10.2 Å². The average Bonchev–Trinajstić information content (AvgIpc) is 2.26. The van der Waals surface area contributed by atoms with Gasteiger partial charge in [0.2, 0.25) is 0 Å². The van der Waals surface area contributed by atoms with Crippen LogP contribution >= 0.6 is 0 Å². The highest BCUT2D eigenvalue weighted by Gasteiger charge is 2.13. The van der Waals surface area contributed by atoms with Crippen LogP contribution in [0.3, 0.4) is 0 Å². The lowest BCUT2D eigenvalue weighted by atomic mass is 10.3. The minimum Gasteiger partial charge on any atom is -0.379 e. The summed E-state index contributed by atoms with van der Waals surface area (Å²) in [6.45, 7) is 4.85. The number of ether oxygens (including phenoxy) is 1. The van der Waals surface area contributed by atoms with Crippen molar-refractivity contribution in [2.24, 2.45) is 0 Å². The molecule has 0 atom stereocenters. The lowest BCUT2D eigenvalue weighted by molar-refractivity contribution is 0.0376. The summed E-state index contributed by atoms with van der Waals surface area (Å²) in [7, 11) is -0.225. The van der Waals surface area contributed by atoms with Crippen LogP contribution < -0.4 is 4.72 Å². The third-order valence-corrected chi connectivity index (χ3v) is 4.05. The van der Waals surface area contributed by atoms with Crippen molar-refractivity contribution < 1.29 is 13.2 Å². The molecule has 1 rings (SSSR count). The van der Waals surface area contributed by atoms with E-state index < -0.39 is 10.2 Å². The lowest BCUT2D eigenvalue weighted by Gasteiger charge is -2.26. The van der Waals surface area contributed by atoms with E-state index in [0.29, 0.717) is 6.54 Å². The van der Waals surface area contributed by atoms with E-state index >= 15 is 0 Å². The van der Waals surface area contributed by atoms with E-state index in [9.17, 15) is 8.42 Å². The maximum atomic E-state index is 11.4. The first-order chi connectivity index (χ1) is 7.52. The third kappa shape index (κ3) is 4.75. The van der Waals surface area contributed by atoms with Crippen molar-refractivity contribution in [2.75, 3.05) is 53.5 Å². The summed E-state index contributed by atoms with van der Waals surface area (Å²) in [5, 5.41) is 0. The smallest absolute Gasteiger partial charge is 0.278 e. The van der Waals surface area contributed by atoms with Crippen LogP contribution in [0.5, 0.6) is 0 Å². The summed E-state index contributed by atoms with van der Waals surface area (Å²) >= 11 is 0. The molecule has 0 spiro atoms. The van der Waals surface area contributed by atoms with Crippen LogP contribution in [0.25, 0.3) is 0 Å². The van der Waals surface area contributed by atoms with Gasteiger partial charge in [0.15, 0.2) is 0 Å². The topological polar surface area (TPSA) is 61.9 Å². The first-order valence-corrected chi connectivity index (χ1v) is 6.93. The maximum absolute atomic E-state index is 11.4. The molecular weight excluding hydrogens is 230 g/mol. The summed E-state index contributed by atoms with van der Waals surface area (Å²) in [5.74, 6) is 0. The van der Waals surface area contributed by atoms with Gasteiger partial charge in [-0.2, -0.15) is 12.7 Å². The summed E-state index contributed by atoms with van der Waals surface area (Å²) in [5.41, 5.74) is 0. The highest BCUT2D eigenvalue weighted by atomic mass is 32.2. The van der Waals surface area contributed by atoms with Crippen LogP contribution in [-0.4, -0.2) is 71.1 Å². The molecule has 1 fully saturated rings. The first-order valence-electron chi connectivity index (χ1n) is 5.49. The molecule has 0 unspecified atom stereocenters. The van der Waals surface area contributed by atoms with Crippen molar-refractivity contribution in [1.29, 1.82) is 0 Å². The van der Waals surface area contributed by atoms with Crippen molar-refractivity contribution in [1.82, 2.24) is 13.9 Å². The largest absolute Gasteiger partial charge is 0.379 e. The molecule has 1 heterocycles. The van der Waals surface area contributed by atoms with Gasteiger partial charge in [-0.1, -0.05) is 0 Å². The Morgan fingerprint density at radius 2 is 1.94 bits per heavy atom.